The number of hydrogen-bond donors (Lipinski definition) is 1. The third-order valence-electron chi connectivity index (χ3n) is 6.15. The minimum absolute atomic E-state index is 0.0681. The van der Waals surface area contributed by atoms with Gasteiger partial charge >= 0.3 is 0 Å². The number of ether oxygens (including phenoxy) is 1. The summed E-state index contributed by atoms with van der Waals surface area (Å²) in [6.07, 6.45) is 3.67. The molecule has 1 aromatic heterocycles. The lowest BCUT2D eigenvalue weighted by molar-refractivity contribution is -0.117. The van der Waals surface area contributed by atoms with E-state index < -0.39 is 0 Å². The average molecular weight is 481 g/mol. The van der Waals surface area contributed by atoms with E-state index in [4.69, 9.17) is 9.72 Å². The number of nitrogens with one attached hydrogen (secondary N) is 1. The number of nitrogens with zero attached hydrogens (tertiary/aromatic N) is 3. The maximum Gasteiger partial charge on any atom is 0.254 e. The molecule has 2 heterocycles. The van der Waals surface area contributed by atoms with Crippen LogP contribution in [0.5, 0.6) is 0 Å². The smallest absolute Gasteiger partial charge is 0.254 e. The summed E-state index contributed by atoms with van der Waals surface area (Å²) in [6.45, 7) is 0.945. The van der Waals surface area contributed by atoms with Crippen LogP contribution < -0.4 is 5.32 Å². The van der Waals surface area contributed by atoms with Crippen LogP contribution in [0.2, 0.25) is 0 Å². The number of rotatable bonds is 8. The van der Waals surface area contributed by atoms with Crippen LogP contribution in [-0.4, -0.2) is 52.1 Å². The number of carbonyl (C=O) groups excluding carboxylic acids is 2. The van der Waals surface area contributed by atoms with Crippen molar-refractivity contribution in [3.05, 3.63) is 103 Å². The van der Waals surface area contributed by atoms with Crippen molar-refractivity contribution in [3.8, 4) is 16.9 Å². The SMILES string of the molecule is O=C(CN(C[C@H]1CCCO1)C(=O)c1ccccc1)Nc1nc(-c2ccccc2)cn1-c1ccccc1. The lowest BCUT2D eigenvalue weighted by Gasteiger charge is -2.25. The Balaban J connectivity index is 1.39. The van der Waals surface area contributed by atoms with Crippen molar-refractivity contribution >= 4 is 17.8 Å². The Morgan fingerprint density at radius 3 is 2.28 bits per heavy atom. The fourth-order valence-electron chi connectivity index (χ4n) is 4.36. The molecule has 0 radical (unpaired) electrons. The molecule has 1 aliphatic rings. The van der Waals surface area contributed by atoms with E-state index in [1.807, 2.05) is 89.6 Å². The lowest BCUT2D eigenvalue weighted by atomic mass is 10.1. The van der Waals surface area contributed by atoms with Crippen LogP contribution >= 0.6 is 0 Å². The first-order valence-corrected chi connectivity index (χ1v) is 12.1. The fraction of sp³-hybridized carbons (Fsp3) is 0.207. The van der Waals surface area contributed by atoms with E-state index in [1.54, 1.807) is 17.0 Å². The predicted octanol–water partition coefficient (Wildman–Crippen LogP) is 4.80. The van der Waals surface area contributed by atoms with Crippen molar-refractivity contribution < 1.29 is 14.3 Å². The molecule has 1 fully saturated rings. The van der Waals surface area contributed by atoms with E-state index in [9.17, 15) is 9.59 Å². The van der Waals surface area contributed by atoms with Gasteiger partial charge in [-0.3, -0.25) is 19.5 Å². The van der Waals surface area contributed by atoms with Gasteiger partial charge in [-0.2, -0.15) is 0 Å². The minimum Gasteiger partial charge on any atom is -0.376 e. The average Bonchev–Trinajstić information content (AvgIpc) is 3.60. The van der Waals surface area contributed by atoms with Crippen LogP contribution in [0.1, 0.15) is 23.2 Å². The highest BCUT2D eigenvalue weighted by molar-refractivity contribution is 5.99. The van der Waals surface area contributed by atoms with Gasteiger partial charge in [0.15, 0.2) is 0 Å². The van der Waals surface area contributed by atoms with Crippen molar-refractivity contribution in [1.82, 2.24) is 14.5 Å². The standard InChI is InChI=1S/C29H28N4O3/c34-27(21-32(19-25-17-10-18-36-25)28(35)23-13-6-2-7-14-23)31-29-30-26(22-11-4-1-5-12-22)20-33(29)24-15-8-3-9-16-24/h1-9,11-16,20,25H,10,17-19,21H2,(H,30,31,34)/t25-/m1/s1. The van der Waals surface area contributed by atoms with Crippen molar-refractivity contribution in [2.24, 2.45) is 0 Å². The van der Waals surface area contributed by atoms with Gasteiger partial charge in [-0.15, -0.1) is 0 Å². The maximum absolute atomic E-state index is 13.3. The van der Waals surface area contributed by atoms with Crippen molar-refractivity contribution in [3.63, 3.8) is 0 Å². The Labute approximate surface area is 210 Å². The molecule has 1 saturated heterocycles. The van der Waals surface area contributed by atoms with Crippen LogP contribution in [0, 0.1) is 0 Å². The topological polar surface area (TPSA) is 76.5 Å². The fourth-order valence-corrected chi connectivity index (χ4v) is 4.36. The lowest BCUT2D eigenvalue weighted by Crippen LogP contribution is -2.42. The van der Waals surface area contributed by atoms with Gasteiger partial charge in [0.1, 0.15) is 6.54 Å². The number of anilines is 1. The van der Waals surface area contributed by atoms with Crippen LogP contribution in [0.25, 0.3) is 16.9 Å². The third-order valence-corrected chi connectivity index (χ3v) is 6.15. The van der Waals surface area contributed by atoms with Gasteiger partial charge < -0.3 is 9.64 Å². The number of aromatic nitrogens is 2. The van der Waals surface area contributed by atoms with Gasteiger partial charge in [0.25, 0.3) is 5.91 Å². The molecule has 7 heteroatoms. The highest BCUT2D eigenvalue weighted by Crippen LogP contribution is 2.24. The maximum atomic E-state index is 13.3. The number of hydrogen-bond acceptors (Lipinski definition) is 4. The number of benzene rings is 3. The summed E-state index contributed by atoms with van der Waals surface area (Å²) in [4.78, 5) is 32.8. The van der Waals surface area contributed by atoms with E-state index in [-0.39, 0.29) is 24.5 Å². The largest absolute Gasteiger partial charge is 0.376 e. The molecular weight excluding hydrogens is 452 g/mol. The molecule has 1 aliphatic heterocycles. The number of para-hydroxylation sites is 1. The third kappa shape index (κ3) is 5.53. The van der Waals surface area contributed by atoms with E-state index in [0.717, 1.165) is 29.8 Å². The van der Waals surface area contributed by atoms with Gasteiger partial charge in [-0.1, -0.05) is 66.7 Å². The van der Waals surface area contributed by atoms with E-state index in [2.05, 4.69) is 5.32 Å². The second kappa shape index (κ2) is 11.0. The molecule has 0 unspecified atom stereocenters. The highest BCUT2D eigenvalue weighted by Gasteiger charge is 2.26. The second-order valence-corrected chi connectivity index (χ2v) is 8.76. The van der Waals surface area contributed by atoms with Crippen LogP contribution in [0.15, 0.2) is 97.2 Å². The van der Waals surface area contributed by atoms with Crippen molar-refractivity contribution in [2.45, 2.75) is 18.9 Å². The Morgan fingerprint density at radius 2 is 1.61 bits per heavy atom. The van der Waals surface area contributed by atoms with Crippen LogP contribution in [0.3, 0.4) is 0 Å². The van der Waals surface area contributed by atoms with Gasteiger partial charge in [-0.05, 0) is 37.1 Å². The van der Waals surface area contributed by atoms with Crippen molar-refractivity contribution in [2.75, 3.05) is 25.0 Å². The molecule has 0 saturated carbocycles. The summed E-state index contributed by atoms with van der Waals surface area (Å²) in [5.41, 5.74) is 3.10. The second-order valence-electron chi connectivity index (χ2n) is 8.76. The van der Waals surface area contributed by atoms with Gasteiger partial charge in [-0.25, -0.2) is 4.98 Å². The normalized spacial score (nSPS) is 14.9. The molecule has 2 amide bonds. The zero-order valence-corrected chi connectivity index (χ0v) is 19.9. The number of imidazole rings is 1. The molecular formula is C29H28N4O3. The molecule has 5 rings (SSSR count). The summed E-state index contributed by atoms with van der Waals surface area (Å²) in [7, 11) is 0. The Bertz CT molecular complexity index is 1300. The molecule has 36 heavy (non-hydrogen) atoms. The molecule has 0 spiro atoms. The zero-order valence-electron chi connectivity index (χ0n) is 19.9. The Kier molecular flexibility index (Phi) is 7.19. The summed E-state index contributed by atoms with van der Waals surface area (Å²) >= 11 is 0. The Hall–Kier alpha value is -4.23. The first kappa shape index (κ1) is 23.5. The van der Waals surface area contributed by atoms with Gasteiger partial charge in [0, 0.05) is 36.2 Å². The van der Waals surface area contributed by atoms with E-state index in [0.29, 0.717) is 24.7 Å². The Morgan fingerprint density at radius 1 is 0.944 bits per heavy atom. The predicted molar refractivity (Wildman–Crippen MR) is 139 cm³/mol. The molecule has 1 N–H and O–H groups in total. The molecule has 182 valence electrons. The molecule has 7 nitrogen and oxygen atoms in total. The number of amides is 2. The van der Waals surface area contributed by atoms with Crippen molar-refractivity contribution in [1.29, 1.82) is 0 Å². The molecule has 1 atom stereocenters. The van der Waals surface area contributed by atoms with Crippen LogP contribution in [-0.2, 0) is 9.53 Å². The summed E-state index contributed by atoms with van der Waals surface area (Å²) < 4.78 is 7.61. The molecule has 3 aromatic carbocycles. The summed E-state index contributed by atoms with van der Waals surface area (Å²) in [5, 5.41) is 2.94. The zero-order chi connectivity index (χ0) is 24.7. The highest BCUT2D eigenvalue weighted by atomic mass is 16.5. The monoisotopic (exact) mass is 480 g/mol. The molecule has 0 aliphatic carbocycles. The van der Waals surface area contributed by atoms with Crippen LogP contribution in [0.4, 0.5) is 5.95 Å². The summed E-state index contributed by atoms with van der Waals surface area (Å²) in [5.74, 6) is -0.119. The van der Waals surface area contributed by atoms with E-state index in [1.165, 1.54) is 0 Å². The van der Waals surface area contributed by atoms with Gasteiger partial charge in [0.2, 0.25) is 11.9 Å². The molecule has 4 aromatic rings. The minimum atomic E-state index is -0.320. The first-order chi connectivity index (χ1) is 17.7. The first-order valence-electron chi connectivity index (χ1n) is 12.1. The number of carbonyl (C=O) groups is 2. The van der Waals surface area contributed by atoms with E-state index >= 15 is 0 Å². The molecule has 0 bridgehead atoms. The summed E-state index contributed by atoms with van der Waals surface area (Å²) in [6, 6.07) is 28.5. The quantitative estimate of drug-likeness (QED) is 0.393. The van der Waals surface area contributed by atoms with Gasteiger partial charge in [0.05, 0.1) is 11.8 Å².